The van der Waals surface area contributed by atoms with E-state index < -0.39 is 0 Å². The van der Waals surface area contributed by atoms with Gasteiger partial charge < -0.3 is 20.3 Å². The van der Waals surface area contributed by atoms with Crippen LogP contribution >= 0.6 is 24.0 Å². The van der Waals surface area contributed by atoms with E-state index in [1.54, 1.807) is 0 Å². The lowest BCUT2D eigenvalue weighted by Gasteiger charge is -2.55. The summed E-state index contributed by atoms with van der Waals surface area (Å²) in [6.07, 6.45) is 5.74. The van der Waals surface area contributed by atoms with Crippen molar-refractivity contribution in [3.05, 3.63) is 0 Å². The van der Waals surface area contributed by atoms with E-state index in [4.69, 9.17) is 9.73 Å². The molecule has 25 heavy (non-hydrogen) atoms. The van der Waals surface area contributed by atoms with Gasteiger partial charge in [-0.1, -0.05) is 13.8 Å². The van der Waals surface area contributed by atoms with Crippen LogP contribution in [0.1, 0.15) is 46.5 Å². The summed E-state index contributed by atoms with van der Waals surface area (Å²) in [5.74, 6) is 2.65. The van der Waals surface area contributed by atoms with Gasteiger partial charge in [-0.25, -0.2) is 0 Å². The molecule has 0 aromatic rings. The van der Waals surface area contributed by atoms with Crippen LogP contribution in [0.3, 0.4) is 0 Å². The molecule has 2 N–H and O–H groups in total. The Labute approximate surface area is 169 Å². The topological polar surface area (TPSA) is 48.9 Å². The maximum absolute atomic E-state index is 5.92. The molecule has 4 unspecified atom stereocenters. The van der Waals surface area contributed by atoms with Crippen LogP contribution in [0.15, 0.2) is 4.99 Å². The summed E-state index contributed by atoms with van der Waals surface area (Å²) in [5, 5.41) is 7.46. The SMILES string of the molecule is CCN=C(NC1CCN(CC2CC2)C1)NC1C2CCOC2C1(C)C.I. The number of nitrogens with one attached hydrogen (secondary N) is 2. The van der Waals surface area contributed by atoms with Crippen LogP contribution < -0.4 is 10.6 Å². The van der Waals surface area contributed by atoms with Gasteiger partial charge >= 0.3 is 0 Å². The molecule has 2 saturated carbocycles. The summed E-state index contributed by atoms with van der Waals surface area (Å²) in [7, 11) is 0. The fourth-order valence-corrected chi connectivity index (χ4v) is 5.03. The zero-order valence-corrected chi connectivity index (χ0v) is 18.3. The van der Waals surface area contributed by atoms with E-state index in [2.05, 4.69) is 36.3 Å². The molecule has 0 amide bonds. The first-order valence-electron chi connectivity index (χ1n) is 9.99. The van der Waals surface area contributed by atoms with Crippen molar-refractivity contribution in [3.8, 4) is 0 Å². The molecule has 5 nitrogen and oxygen atoms in total. The maximum atomic E-state index is 5.92. The minimum Gasteiger partial charge on any atom is -0.377 e. The van der Waals surface area contributed by atoms with Gasteiger partial charge in [-0.05, 0) is 38.5 Å². The minimum atomic E-state index is 0. The van der Waals surface area contributed by atoms with E-state index >= 15 is 0 Å². The summed E-state index contributed by atoms with van der Waals surface area (Å²) >= 11 is 0. The number of fused-ring (bicyclic) bond motifs is 1. The third kappa shape index (κ3) is 4.10. The Bertz CT molecular complexity index is 494. The quantitative estimate of drug-likeness (QED) is 0.375. The van der Waals surface area contributed by atoms with E-state index in [0.29, 0.717) is 24.1 Å². The Morgan fingerprint density at radius 1 is 1.20 bits per heavy atom. The highest BCUT2D eigenvalue weighted by molar-refractivity contribution is 14.0. The summed E-state index contributed by atoms with van der Waals surface area (Å²) in [6.45, 7) is 12.2. The van der Waals surface area contributed by atoms with Crippen LogP contribution in [0, 0.1) is 17.3 Å². The third-order valence-corrected chi connectivity index (χ3v) is 6.54. The van der Waals surface area contributed by atoms with Crippen LogP contribution in [0.25, 0.3) is 0 Å². The first-order valence-corrected chi connectivity index (χ1v) is 9.99. The van der Waals surface area contributed by atoms with Crippen LogP contribution in [0.2, 0.25) is 0 Å². The molecule has 4 fully saturated rings. The number of hydrogen-bond donors (Lipinski definition) is 2. The van der Waals surface area contributed by atoms with E-state index in [1.807, 2.05) is 0 Å². The molecule has 0 spiro atoms. The third-order valence-electron chi connectivity index (χ3n) is 6.54. The molecule has 144 valence electrons. The smallest absolute Gasteiger partial charge is 0.191 e. The summed E-state index contributed by atoms with van der Waals surface area (Å²) in [6, 6.07) is 1.02. The Morgan fingerprint density at radius 3 is 2.72 bits per heavy atom. The van der Waals surface area contributed by atoms with E-state index in [0.717, 1.165) is 25.0 Å². The molecule has 0 bridgehead atoms. The molecule has 2 heterocycles. The van der Waals surface area contributed by atoms with Gasteiger partial charge in [0.05, 0.1) is 6.10 Å². The van der Waals surface area contributed by atoms with Gasteiger partial charge in [0.25, 0.3) is 0 Å². The fraction of sp³-hybridized carbons (Fsp3) is 0.947. The standard InChI is InChI=1S/C19H34N4O.HI/c1-4-20-18(21-14-7-9-23(12-14)11-13-5-6-13)22-16-15-8-10-24-17(15)19(16,2)3;/h13-17H,4-12H2,1-3H3,(H2,20,21,22);1H. The first-order chi connectivity index (χ1) is 11.6. The van der Waals surface area contributed by atoms with Gasteiger partial charge in [0.15, 0.2) is 5.96 Å². The predicted molar refractivity (Wildman–Crippen MR) is 113 cm³/mol. The van der Waals surface area contributed by atoms with Crippen molar-refractivity contribution in [3.63, 3.8) is 0 Å². The van der Waals surface area contributed by atoms with Crippen molar-refractivity contribution >= 4 is 29.9 Å². The van der Waals surface area contributed by atoms with E-state index in [9.17, 15) is 0 Å². The lowest BCUT2D eigenvalue weighted by atomic mass is 9.57. The minimum absolute atomic E-state index is 0. The number of likely N-dealkylation sites (tertiary alicyclic amines) is 1. The Balaban J connectivity index is 0.00000182. The van der Waals surface area contributed by atoms with E-state index in [1.165, 1.54) is 45.3 Å². The fourth-order valence-electron chi connectivity index (χ4n) is 5.03. The number of rotatable bonds is 5. The molecule has 2 aliphatic heterocycles. The number of ether oxygens (including phenoxy) is 1. The molecular weight excluding hydrogens is 427 g/mol. The van der Waals surface area contributed by atoms with Crippen molar-refractivity contribution < 1.29 is 4.74 Å². The lowest BCUT2D eigenvalue weighted by molar-refractivity contribution is -0.106. The van der Waals surface area contributed by atoms with Crippen molar-refractivity contribution in [1.82, 2.24) is 15.5 Å². The van der Waals surface area contributed by atoms with Crippen molar-refractivity contribution in [1.29, 1.82) is 0 Å². The number of guanidine groups is 1. The maximum Gasteiger partial charge on any atom is 0.191 e. The second kappa shape index (κ2) is 7.89. The average molecular weight is 462 g/mol. The highest BCUT2D eigenvalue weighted by Crippen LogP contribution is 2.52. The van der Waals surface area contributed by atoms with Gasteiger partial charge in [0, 0.05) is 56.2 Å². The molecule has 6 heteroatoms. The Morgan fingerprint density at radius 2 is 2.00 bits per heavy atom. The van der Waals surface area contributed by atoms with Gasteiger partial charge in [-0.3, -0.25) is 4.99 Å². The molecule has 0 aromatic heterocycles. The molecular formula is C19H35IN4O. The molecule has 4 atom stereocenters. The summed E-state index contributed by atoms with van der Waals surface area (Å²) in [5.41, 5.74) is 0.199. The normalized spacial score (nSPS) is 37.2. The van der Waals surface area contributed by atoms with Gasteiger partial charge in [0.2, 0.25) is 0 Å². The Kier molecular flexibility index (Phi) is 6.21. The van der Waals surface area contributed by atoms with E-state index in [-0.39, 0.29) is 29.4 Å². The van der Waals surface area contributed by atoms with Crippen LogP contribution in [0.4, 0.5) is 0 Å². The highest BCUT2D eigenvalue weighted by atomic mass is 127. The first kappa shape index (κ1) is 19.7. The van der Waals surface area contributed by atoms with Crippen molar-refractivity contribution in [2.75, 3.05) is 32.8 Å². The number of aliphatic imine (C=N–C) groups is 1. The zero-order valence-electron chi connectivity index (χ0n) is 16.0. The molecule has 2 saturated heterocycles. The van der Waals surface area contributed by atoms with Gasteiger partial charge in [0.1, 0.15) is 0 Å². The van der Waals surface area contributed by atoms with Crippen LogP contribution in [0.5, 0.6) is 0 Å². The zero-order chi connectivity index (χ0) is 16.7. The van der Waals surface area contributed by atoms with Crippen LogP contribution in [-0.4, -0.2) is 61.8 Å². The number of nitrogens with zero attached hydrogens (tertiary/aromatic N) is 2. The molecule has 0 aromatic carbocycles. The molecule has 4 rings (SSSR count). The largest absolute Gasteiger partial charge is 0.377 e. The van der Waals surface area contributed by atoms with Crippen molar-refractivity contribution in [2.24, 2.45) is 22.2 Å². The molecule has 4 aliphatic rings. The van der Waals surface area contributed by atoms with Gasteiger partial charge in [-0.15, -0.1) is 24.0 Å². The number of hydrogen-bond acceptors (Lipinski definition) is 3. The van der Waals surface area contributed by atoms with Crippen LogP contribution in [-0.2, 0) is 4.74 Å². The average Bonchev–Trinajstić information content (AvgIpc) is 3.07. The van der Waals surface area contributed by atoms with Gasteiger partial charge in [-0.2, -0.15) is 0 Å². The second-order valence-electron chi connectivity index (χ2n) is 8.84. The second-order valence-corrected chi connectivity index (χ2v) is 8.84. The Hall–Kier alpha value is -0.0800. The predicted octanol–water partition coefficient (Wildman–Crippen LogP) is 2.46. The summed E-state index contributed by atoms with van der Waals surface area (Å²) in [4.78, 5) is 7.35. The lowest BCUT2D eigenvalue weighted by Crippen LogP contribution is -2.68. The molecule has 0 radical (unpaired) electrons. The monoisotopic (exact) mass is 462 g/mol. The molecule has 2 aliphatic carbocycles. The van der Waals surface area contributed by atoms with Crippen molar-refractivity contribution in [2.45, 2.75) is 64.6 Å². The number of halogens is 1. The summed E-state index contributed by atoms with van der Waals surface area (Å²) < 4.78 is 5.92. The highest BCUT2D eigenvalue weighted by Gasteiger charge is 2.59.